The molecule has 1 rings (SSSR count). The van der Waals surface area contributed by atoms with Gasteiger partial charge >= 0.3 is 0 Å². The first kappa shape index (κ1) is 13.2. The zero-order chi connectivity index (χ0) is 12.5. The van der Waals surface area contributed by atoms with E-state index in [-0.39, 0.29) is 18.1 Å². The highest BCUT2D eigenvalue weighted by atomic mass is 16.3. The summed E-state index contributed by atoms with van der Waals surface area (Å²) in [6, 6.07) is 4.09. The molecule has 0 aliphatic carbocycles. The zero-order valence-corrected chi connectivity index (χ0v) is 11.0. The second-order valence-corrected chi connectivity index (χ2v) is 5.56. The van der Waals surface area contributed by atoms with Crippen LogP contribution >= 0.6 is 0 Å². The van der Waals surface area contributed by atoms with Gasteiger partial charge in [0.25, 0.3) is 0 Å². The highest BCUT2D eigenvalue weighted by Gasteiger charge is 2.18. The maximum Gasteiger partial charge on any atom is 0.0624 e. The van der Waals surface area contributed by atoms with E-state index in [0.29, 0.717) is 0 Å². The lowest BCUT2D eigenvalue weighted by Crippen LogP contribution is -2.19. The second-order valence-electron chi connectivity index (χ2n) is 5.56. The number of aliphatic hydroxyl groups is 1. The van der Waals surface area contributed by atoms with Crippen molar-refractivity contribution in [2.24, 2.45) is 5.73 Å². The Morgan fingerprint density at radius 3 is 1.94 bits per heavy atom. The summed E-state index contributed by atoms with van der Waals surface area (Å²) in [6.07, 6.45) is 0. The Morgan fingerprint density at radius 2 is 1.62 bits per heavy atom. The van der Waals surface area contributed by atoms with Crippen LogP contribution in [-0.2, 0) is 5.41 Å². The van der Waals surface area contributed by atoms with Crippen molar-refractivity contribution in [2.45, 2.75) is 46.1 Å². The monoisotopic (exact) mass is 221 g/mol. The predicted octanol–water partition coefficient (Wildman–Crippen LogP) is 2.59. The Bertz CT molecular complexity index is 354. The zero-order valence-electron chi connectivity index (χ0n) is 11.0. The number of nitrogens with two attached hydrogens (primary N) is 1. The summed E-state index contributed by atoms with van der Waals surface area (Å²) in [5.74, 6) is 0. The Morgan fingerprint density at radius 1 is 1.19 bits per heavy atom. The molecule has 0 radical (unpaired) electrons. The van der Waals surface area contributed by atoms with E-state index in [2.05, 4.69) is 46.8 Å². The van der Waals surface area contributed by atoms with Gasteiger partial charge in [0.1, 0.15) is 0 Å². The highest BCUT2D eigenvalue weighted by Crippen LogP contribution is 2.28. The van der Waals surface area contributed by atoms with E-state index in [1.165, 1.54) is 16.7 Å². The Kier molecular flexibility index (Phi) is 3.76. The molecule has 0 amide bonds. The standard InChI is InChI=1S/C14H23NO/c1-9-6-11(14(3,4)5)7-10(2)13(9)12(15)8-16/h6-7,12,16H,8,15H2,1-5H3. The van der Waals surface area contributed by atoms with Crippen molar-refractivity contribution in [1.82, 2.24) is 0 Å². The first-order chi connectivity index (χ1) is 7.27. The Labute approximate surface area is 98.5 Å². The molecule has 2 heteroatoms. The van der Waals surface area contributed by atoms with E-state index in [1.54, 1.807) is 0 Å². The number of hydrogen-bond donors (Lipinski definition) is 2. The van der Waals surface area contributed by atoms with Crippen molar-refractivity contribution in [3.63, 3.8) is 0 Å². The third-order valence-electron chi connectivity index (χ3n) is 3.03. The summed E-state index contributed by atoms with van der Waals surface area (Å²) in [7, 11) is 0. The fraction of sp³-hybridized carbons (Fsp3) is 0.571. The normalized spacial score (nSPS) is 13.9. The van der Waals surface area contributed by atoms with Gasteiger partial charge in [0, 0.05) is 0 Å². The fourth-order valence-corrected chi connectivity index (χ4v) is 2.08. The van der Waals surface area contributed by atoms with Crippen LogP contribution in [0.15, 0.2) is 12.1 Å². The largest absolute Gasteiger partial charge is 0.394 e. The summed E-state index contributed by atoms with van der Waals surface area (Å²) in [6.45, 7) is 10.7. The summed E-state index contributed by atoms with van der Waals surface area (Å²) >= 11 is 0. The van der Waals surface area contributed by atoms with Crippen LogP contribution in [0.5, 0.6) is 0 Å². The van der Waals surface area contributed by atoms with Gasteiger partial charge in [0.15, 0.2) is 0 Å². The number of aliphatic hydroxyl groups excluding tert-OH is 1. The molecule has 0 aromatic heterocycles. The van der Waals surface area contributed by atoms with Gasteiger partial charge in [0.2, 0.25) is 0 Å². The van der Waals surface area contributed by atoms with Crippen LogP contribution in [0.25, 0.3) is 0 Å². The van der Waals surface area contributed by atoms with Crippen molar-refractivity contribution < 1.29 is 5.11 Å². The molecule has 0 spiro atoms. The number of rotatable bonds is 2. The molecule has 1 aromatic rings. The summed E-state index contributed by atoms with van der Waals surface area (Å²) in [4.78, 5) is 0. The van der Waals surface area contributed by atoms with Crippen LogP contribution in [-0.4, -0.2) is 11.7 Å². The molecule has 3 N–H and O–H groups in total. The van der Waals surface area contributed by atoms with E-state index in [4.69, 9.17) is 10.8 Å². The molecule has 1 atom stereocenters. The Hall–Kier alpha value is -0.860. The lowest BCUT2D eigenvalue weighted by molar-refractivity contribution is 0.267. The molecular formula is C14H23NO. The van der Waals surface area contributed by atoms with Gasteiger partial charge in [-0.15, -0.1) is 0 Å². The van der Waals surface area contributed by atoms with E-state index >= 15 is 0 Å². The van der Waals surface area contributed by atoms with Gasteiger partial charge < -0.3 is 10.8 Å². The van der Waals surface area contributed by atoms with E-state index in [1.807, 2.05) is 0 Å². The van der Waals surface area contributed by atoms with Crippen LogP contribution in [0.3, 0.4) is 0 Å². The second kappa shape index (κ2) is 4.56. The molecule has 0 fully saturated rings. The maximum absolute atomic E-state index is 9.14. The van der Waals surface area contributed by atoms with Gasteiger partial charge in [-0.1, -0.05) is 32.9 Å². The molecule has 0 aliphatic heterocycles. The smallest absolute Gasteiger partial charge is 0.0624 e. The lowest BCUT2D eigenvalue weighted by Gasteiger charge is -2.24. The average molecular weight is 221 g/mol. The van der Waals surface area contributed by atoms with E-state index < -0.39 is 0 Å². The molecular weight excluding hydrogens is 198 g/mol. The third-order valence-corrected chi connectivity index (χ3v) is 3.03. The first-order valence-electron chi connectivity index (χ1n) is 5.75. The molecule has 1 unspecified atom stereocenters. The van der Waals surface area contributed by atoms with E-state index in [0.717, 1.165) is 5.56 Å². The molecule has 0 heterocycles. The highest BCUT2D eigenvalue weighted by molar-refractivity contribution is 5.42. The van der Waals surface area contributed by atoms with Crippen LogP contribution in [0.1, 0.15) is 49.1 Å². The van der Waals surface area contributed by atoms with Gasteiger partial charge in [-0.3, -0.25) is 0 Å². The van der Waals surface area contributed by atoms with E-state index in [9.17, 15) is 0 Å². The summed E-state index contributed by atoms with van der Waals surface area (Å²) in [5, 5.41) is 9.14. The molecule has 0 saturated carbocycles. The maximum atomic E-state index is 9.14. The molecule has 0 aliphatic rings. The van der Waals surface area contributed by atoms with Gasteiger partial charge in [-0.05, 0) is 41.5 Å². The van der Waals surface area contributed by atoms with Gasteiger partial charge in [-0.25, -0.2) is 0 Å². The van der Waals surface area contributed by atoms with Crippen molar-refractivity contribution in [2.75, 3.05) is 6.61 Å². The minimum atomic E-state index is -0.269. The molecule has 2 nitrogen and oxygen atoms in total. The SMILES string of the molecule is Cc1cc(C(C)(C)C)cc(C)c1C(N)CO. The number of benzene rings is 1. The number of hydrogen-bond acceptors (Lipinski definition) is 2. The topological polar surface area (TPSA) is 46.2 Å². The summed E-state index contributed by atoms with van der Waals surface area (Å²) < 4.78 is 0. The predicted molar refractivity (Wildman–Crippen MR) is 68.6 cm³/mol. The van der Waals surface area contributed by atoms with Crippen molar-refractivity contribution in [3.8, 4) is 0 Å². The number of aryl methyl sites for hydroxylation is 2. The third kappa shape index (κ3) is 2.63. The fourth-order valence-electron chi connectivity index (χ4n) is 2.08. The molecule has 1 aromatic carbocycles. The van der Waals surface area contributed by atoms with Crippen LogP contribution in [0, 0.1) is 13.8 Å². The quantitative estimate of drug-likeness (QED) is 0.806. The minimum absolute atomic E-state index is 0.00343. The van der Waals surface area contributed by atoms with Crippen molar-refractivity contribution in [3.05, 3.63) is 34.4 Å². The van der Waals surface area contributed by atoms with Gasteiger partial charge in [0.05, 0.1) is 12.6 Å². The molecule has 16 heavy (non-hydrogen) atoms. The van der Waals surface area contributed by atoms with Crippen molar-refractivity contribution >= 4 is 0 Å². The van der Waals surface area contributed by atoms with Crippen LogP contribution in [0.4, 0.5) is 0 Å². The average Bonchev–Trinajstić information content (AvgIpc) is 2.14. The first-order valence-corrected chi connectivity index (χ1v) is 5.75. The minimum Gasteiger partial charge on any atom is -0.394 e. The molecule has 0 saturated heterocycles. The molecule has 90 valence electrons. The van der Waals surface area contributed by atoms with Crippen LogP contribution in [0.2, 0.25) is 0 Å². The summed E-state index contributed by atoms with van der Waals surface area (Å²) in [5.41, 5.74) is 10.8. The molecule has 0 bridgehead atoms. The van der Waals surface area contributed by atoms with Gasteiger partial charge in [-0.2, -0.15) is 0 Å². The van der Waals surface area contributed by atoms with Crippen molar-refractivity contribution in [1.29, 1.82) is 0 Å². The lowest BCUT2D eigenvalue weighted by atomic mass is 9.83. The van der Waals surface area contributed by atoms with Crippen LogP contribution < -0.4 is 5.73 Å². The Balaban J connectivity index is 3.28.